The van der Waals surface area contributed by atoms with E-state index in [0.717, 1.165) is 30.6 Å². The molecule has 2 aromatic rings. The lowest BCUT2D eigenvalue weighted by molar-refractivity contribution is -0.121. The summed E-state index contributed by atoms with van der Waals surface area (Å²) in [6.45, 7) is 5.10. The normalized spacial score (nSPS) is 12.2. The van der Waals surface area contributed by atoms with Crippen LogP contribution in [0, 0.1) is 6.92 Å². The first-order valence-corrected chi connectivity index (χ1v) is 8.24. The maximum Gasteiger partial charge on any atom is 0.246 e. The van der Waals surface area contributed by atoms with Gasteiger partial charge in [0.1, 0.15) is 6.04 Å². The number of amides is 1. The standard InChI is InChI=1S/C20H26N2O/c1-4-5-15-22(3)19(17-9-7-6-8-10-17)20(23)21-18-13-11-16(2)12-14-18/h6-14,19H,4-5,15H2,1-3H3,(H,21,23). The lowest BCUT2D eigenvalue weighted by Crippen LogP contribution is -2.35. The molecule has 0 radical (unpaired) electrons. The molecule has 2 aromatic carbocycles. The third-order valence-corrected chi connectivity index (χ3v) is 3.99. The number of hydrogen-bond donors (Lipinski definition) is 1. The first-order chi connectivity index (χ1) is 11.1. The van der Waals surface area contributed by atoms with Gasteiger partial charge in [-0.25, -0.2) is 0 Å². The molecule has 1 N–H and O–H groups in total. The number of rotatable bonds is 7. The Labute approximate surface area is 139 Å². The van der Waals surface area contributed by atoms with Crippen LogP contribution in [0.15, 0.2) is 54.6 Å². The third-order valence-electron chi connectivity index (χ3n) is 3.99. The SMILES string of the molecule is CCCCN(C)C(C(=O)Nc1ccc(C)cc1)c1ccccc1. The number of hydrogen-bond acceptors (Lipinski definition) is 2. The number of aryl methyl sites for hydroxylation is 1. The predicted octanol–water partition coefficient (Wildman–Crippen LogP) is 4.41. The number of carbonyl (C=O) groups is 1. The second-order valence-corrected chi connectivity index (χ2v) is 6.00. The summed E-state index contributed by atoms with van der Waals surface area (Å²) < 4.78 is 0. The number of anilines is 1. The van der Waals surface area contributed by atoms with E-state index in [-0.39, 0.29) is 11.9 Å². The van der Waals surface area contributed by atoms with Crippen molar-refractivity contribution in [2.45, 2.75) is 32.7 Å². The van der Waals surface area contributed by atoms with Crippen LogP contribution in [0.1, 0.15) is 36.9 Å². The summed E-state index contributed by atoms with van der Waals surface area (Å²) in [6.07, 6.45) is 2.20. The van der Waals surface area contributed by atoms with Crippen LogP contribution >= 0.6 is 0 Å². The molecule has 0 fully saturated rings. The fraction of sp³-hybridized carbons (Fsp3) is 0.350. The minimum absolute atomic E-state index is 0.0126. The number of unbranched alkanes of at least 4 members (excludes halogenated alkanes) is 1. The largest absolute Gasteiger partial charge is 0.324 e. The van der Waals surface area contributed by atoms with Gasteiger partial charge in [0.05, 0.1) is 0 Å². The molecular formula is C20H26N2O. The summed E-state index contributed by atoms with van der Waals surface area (Å²) >= 11 is 0. The third kappa shape index (κ3) is 4.93. The van der Waals surface area contributed by atoms with Crippen molar-refractivity contribution in [3.8, 4) is 0 Å². The molecule has 1 unspecified atom stereocenters. The van der Waals surface area contributed by atoms with Crippen LogP contribution in [0.4, 0.5) is 5.69 Å². The van der Waals surface area contributed by atoms with Crippen molar-refractivity contribution >= 4 is 11.6 Å². The highest BCUT2D eigenvalue weighted by molar-refractivity contribution is 5.95. The summed E-state index contributed by atoms with van der Waals surface area (Å²) in [6, 6.07) is 17.6. The molecule has 0 aromatic heterocycles. The maximum atomic E-state index is 12.8. The molecule has 0 heterocycles. The van der Waals surface area contributed by atoms with Gasteiger partial charge in [-0.2, -0.15) is 0 Å². The molecule has 1 amide bonds. The van der Waals surface area contributed by atoms with Crippen LogP contribution in [0.25, 0.3) is 0 Å². The Hall–Kier alpha value is -2.13. The lowest BCUT2D eigenvalue weighted by atomic mass is 10.0. The van der Waals surface area contributed by atoms with E-state index in [1.165, 1.54) is 5.56 Å². The zero-order valence-corrected chi connectivity index (χ0v) is 14.3. The lowest BCUT2D eigenvalue weighted by Gasteiger charge is -2.27. The van der Waals surface area contributed by atoms with Gasteiger partial charge in [0.25, 0.3) is 0 Å². The van der Waals surface area contributed by atoms with Crippen molar-refractivity contribution in [2.24, 2.45) is 0 Å². The quantitative estimate of drug-likeness (QED) is 0.821. The molecule has 2 rings (SSSR count). The van der Waals surface area contributed by atoms with E-state index < -0.39 is 0 Å². The number of nitrogens with one attached hydrogen (secondary N) is 1. The average Bonchev–Trinajstić information content (AvgIpc) is 2.56. The van der Waals surface area contributed by atoms with Gasteiger partial charge in [0.15, 0.2) is 0 Å². The van der Waals surface area contributed by atoms with E-state index in [1.54, 1.807) is 0 Å². The van der Waals surface area contributed by atoms with E-state index in [1.807, 2.05) is 68.6 Å². The van der Waals surface area contributed by atoms with Gasteiger partial charge in [-0.15, -0.1) is 0 Å². The van der Waals surface area contributed by atoms with Gasteiger partial charge < -0.3 is 5.32 Å². The Morgan fingerprint density at radius 3 is 2.35 bits per heavy atom. The van der Waals surface area contributed by atoms with Crippen LogP contribution in [-0.2, 0) is 4.79 Å². The highest BCUT2D eigenvalue weighted by Crippen LogP contribution is 2.22. The molecule has 0 aliphatic heterocycles. The summed E-state index contributed by atoms with van der Waals surface area (Å²) in [5, 5.41) is 3.04. The number of carbonyl (C=O) groups excluding carboxylic acids is 1. The van der Waals surface area contributed by atoms with Crippen molar-refractivity contribution in [1.29, 1.82) is 0 Å². The smallest absolute Gasteiger partial charge is 0.246 e. The van der Waals surface area contributed by atoms with Crippen LogP contribution in [0.5, 0.6) is 0 Å². The first kappa shape index (κ1) is 17.2. The van der Waals surface area contributed by atoms with Crippen LogP contribution in [0.2, 0.25) is 0 Å². The average molecular weight is 310 g/mol. The number of benzene rings is 2. The van der Waals surface area contributed by atoms with Crippen molar-refractivity contribution in [2.75, 3.05) is 18.9 Å². The van der Waals surface area contributed by atoms with Crippen molar-refractivity contribution in [1.82, 2.24) is 4.90 Å². The second-order valence-electron chi connectivity index (χ2n) is 6.00. The zero-order chi connectivity index (χ0) is 16.7. The van der Waals surface area contributed by atoms with Crippen LogP contribution in [-0.4, -0.2) is 24.4 Å². The molecule has 0 saturated carbocycles. The van der Waals surface area contributed by atoms with Crippen LogP contribution < -0.4 is 5.32 Å². The van der Waals surface area contributed by atoms with Gasteiger partial charge in [-0.05, 0) is 44.6 Å². The molecule has 3 nitrogen and oxygen atoms in total. The summed E-state index contributed by atoms with van der Waals surface area (Å²) in [5.41, 5.74) is 3.05. The minimum Gasteiger partial charge on any atom is -0.324 e. The fourth-order valence-corrected chi connectivity index (χ4v) is 2.63. The van der Waals surface area contributed by atoms with Gasteiger partial charge in [-0.3, -0.25) is 9.69 Å². The Kier molecular flexibility index (Phi) is 6.36. The van der Waals surface area contributed by atoms with E-state index in [0.29, 0.717) is 0 Å². The minimum atomic E-state index is -0.274. The second kappa shape index (κ2) is 8.49. The van der Waals surface area contributed by atoms with Crippen molar-refractivity contribution in [3.05, 3.63) is 65.7 Å². The van der Waals surface area contributed by atoms with E-state index in [9.17, 15) is 4.79 Å². The molecule has 122 valence electrons. The molecule has 0 aliphatic carbocycles. The molecule has 0 spiro atoms. The topological polar surface area (TPSA) is 32.3 Å². The summed E-state index contributed by atoms with van der Waals surface area (Å²) in [5.74, 6) is 0.0126. The number of likely N-dealkylation sites (N-methyl/N-ethyl adjacent to an activating group) is 1. The predicted molar refractivity (Wildman–Crippen MR) is 96.5 cm³/mol. The van der Waals surface area contributed by atoms with Gasteiger partial charge in [-0.1, -0.05) is 61.4 Å². The highest BCUT2D eigenvalue weighted by atomic mass is 16.2. The van der Waals surface area contributed by atoms with Crippen molar-refractivity contribution < 1.29 is 4.79 Å². The van der Waals surface area contributed by atoms with E-state index in [4.69, 9.17) is 0 Å². The molecule has 0 bridgehead atoms. The van der Waals surface area contributed by atoms with Gasteiger partial charge in [0, 0.05) is 5.69 Å². The highest BCUT2D eigenvalue weighted by Gasteiger charge is 2.24. The molecule has 1 atom stereocenters. The fourth-order valence-electron chi connectivity index (χ4n) is 2.63. The molecule has 0 aliphatic rings. The van der Waals surface area contributed by atoms with Crippen molar-refractivity contribution in [3.63, 3.8) is 0 Å². The van der Waals surface area contributed by atoms with E-state index in [2.05, 4.69) is 17.1 Å². The Balaban J connectivity index is 2.18. The summed E-state index contributed by atoms with van der Waals surface area (Å²) in [4.78, 5) is 15.0. The monoisotopic (exact) mass is 310 g/mol. The molecule has 3 heteroatoms. The zero-order valence-electron chi connectivity index (χ0n) is 14.3. The van der Waals surface area contributed by atoms with Gasteiger partial charge in [0.2, 0.25) is 5.91 Å². The Bertz CT molecular complexity index is 607. The van der Waals surface area contributed by atoms with Gasteiger partial charge >= 0.3 is 0 Å². The molecule has 23 heavy (non-hydrogen) atoms. The summed E-state index contributed by atoms with van der Waals surface area (Å²) in [7, 11) is 2.02. The van der Waals surface area contributed by atoms with Crippen LogP contribution in [0.3, 0.4) is 0 Å². The van der Waals surface area contributed by atoms with E-state index >= 15 is 0 Å². The Morgan fingerprint density at radius 1 is 1.09 bits per heavy atom. The Morgan fingerprint density at radius 2 is 1.74 bits per heavy atom. The first-order valence-electron chi connectivity index (χ1n) is 8.24. The molecular weight excluding hydrogens is 284 g/mol. The molecule has 0 saturated heterocycles. The number of nitrogens with zero attached hydrogens (tertiary/aromatic N) is 1. The maximum absolute atomic E-state index is 12.8.